The first kappa shape index (κ1) is 23.0. The number of halogens is 2. The van der Waals surface area contributed by atoms with Crippen molar-refractivity contribution in [2.24, 2.45) is 11.7 Å². The fraction of sp³-hybridized carbons (Fsp3) is 0.435. The molecule has 0 aliphatic rings. The van der Waals surface area contributed by atoms with Gasteiger partial charge in [0.25, 0.3) is 0 Å². The van der Waals surface area contributed by atoms with E-state index in [1.165, 1.54) is 24.3 Å². The lowest BCUT2D eigenvalue weighted by molar-refractivity contribution is -0.161. The third kappa shape index (κ3) is 6.91. The number of rotatable bonds is 9. The molecule has 0 saturated carbocycles. The van der Waals surface area contributed by atoms with Gasteiger partial charge in [0.1, 0.15) is 23.8 Å². The predicted octanol–water partition coefficient (Wildman–Crippen LogP) is 4.40. The second-order valence-corrected chi connectivity index (χ2v) is 7.89. The number of carbonyl (C=O) groups excluding carboxylic acids is 1. The molecule has 0 bridgehead atoms. The molecule has 2 unspecified atom stereocenters. The predicted molar refractivity (Wildman–Crippen MR) is 108 cm³/mol. The zero-order chi connectivity index (χ0) is 21.6. The van der Waals surface area contributed by atoms with Gasteiger partial charge in [0.15, 0.2) is 0 Å². The van der Waals surface area contributed by atoms with Gasteiger partial charge in [-0.15, -0.1) is 0 Å². The van der Waals surface area contributed by atoms with Gasteiger partial charge in [-0.05, 0) is 69.5 Å². The summed E-state index contributed by atoms with van der Waals surface area (Å²) in [5.74, 6) is -1.33. The SMILES string of the molecule is CC(OC(=O)[C@H](C)N)C(Cc1ccc(F)cc1)C(C)(C)OCc1ccc(F)cc1. The van der Waals surface area contributed by atoms with Crippen molar-refractivity contribution in [2.45, 2.75) is 58.5 Å². The van der Waals surface area contributed by atoms with E-state index in [1.807, 2.05) is 13.8 Å². The van der Waals surface area contributed by atoms with Gasteiger partial charge in [0.05, 0.1) is 12.2 Å². The van der Waals surface area contributed by atoms with Crippen molar-refractivity contribution in [3.05, 3.63) is 71.3 Å². The van der Waals surface area contributed by atoms with Crippen LogP contribution in [0.4, 0.5) is 8.78 Å². The summed E-state index contributed by atoms with van der Waals surface area (Å²) in [7, 11) is 0. The van der Waals surface area contributed by atoms with E-state index in [9.17, 15) is 13.6 Å². The van der Waals surface area contributed by atoms with Crippen LogP contribution >= 0.6 is 0 Å². The number of ether oxygens (including phenoxy) is 2. The molecule has 0 radical (unpaired) electrons. The maximum absolute atomic E-state index is 13.3. The zero-order valence-corrected chi connectivity index (χ0v) is 17.3. The summed E-state index contributed by atoms with van der Waals surface area (Å²) >= 11 is 0. The Morgan fingerprint density at radius 2 is 1.45 bits per heavy atom. The Morgan fingerprint density at radius 1 is 0.966 bits per heavy atom. The fourth-order valence-electron chi connectivity index (χ4n) is 3.18. The van der Waals surface area contributed by atoms with Gasteiger partial charge < -0.3 is 15.2 Å². The molecule has 0 fully saturated rings. The maximum Gasteiger partial charge on any atom is 0.322 e. The van der Waals surface area contributed by atoms with Crippen LogP contribution in [0.15, 0.2) is 48.5 Å². The van der Waals surface area contributed by atoms with Crippen molar-refractivity contribution in [1.82, 2.24) is 0 Å². The number of carbonyl (C=O) groups is 1. The highest BCUT2D eigenvalue weighted by molar-refractivity contribution is 5.75. The summed E-state index contributed by atoms with van der Waals surface area (Å²) in [6, 6.07) is 11.6. The number of nitrogens with two attached hydrogens (primary N) is 1. The van der Waals surface area contributed by atoms with E-state index < -0.39 is 23.7 Å². The van der Waals surface area contributed by atoms with Crippen molar-refractivity contribution in [2.75, 3.05) is 0 Å². The van der Waals surface area contributed by atoms with Crippen LogP contribution in [0.5, 0.6) is 0 Å². The molecule has 0 heterocycles. The normalized spacial score (nSPS) is 14.9. The van der Waals surface area contributed by atoms with E-state index in [2.05, 4.69) is 0 Å². The van der Waals surface area contributed by atoms with Crippen LogP contribution in [-0.4, -0.2) is 23.7 Å². The molecule has 0 saturated heterocycles. The van der Waals surface area contributed by atoms with Crippen molar-refractivity contribution in [3.63, 3.8) is 0 Å². The van der Waals surface area contributed by atoms with Gasteiger partial charge in [-0.2, -0.15) is 0 Å². The standard InChI is InChI=1S/C23H29F2NO3/c1-15(26)22(27)29-16(2)21(13-17-5-9-19(24)10-6-17)23(3,4)28-14-18-7-11-20(25)12-8-18/h5-12,15-16,21H,13-14,26H2,1-4H3/t15-,16?,21?/m0/s1. The van der Waals surface area contributed by atoms with Gasteiger partial charge in [-0.3, -0.25) is 4.79 Å². The van der Waals surface area contributed by atoms with Crippen molar-refractivity contribution in [3.8, 4) is 0 Å². The first-order chi connectivity index (χ1) is 13.6. The van der Waals surface area contributed by atoms with E-state index >= 15 is 0 Å². The molecule has 6 heteroatoms. The largest absolute Gasteiger partial charge is 0.461 e. The Kier molecular flexibility index (Phi) is 7.88. The number of esters is 1. The summed E-state index contributed by atoms with van der Waals surface area (Å²) in [5.41, 5.74) is 6.67. The third-order valence-corrected chi connectivity index (χ3v) is 5.03. The van der Waals surface area contributed by atoms with Crippen LogP contribution in [0.1, 0.15) is 38.8 Å². The van der Waals surface area contributed by atoms with E-state index in [0.29, 0.717) is 6.42 Å². The molecule has 2 aromatic rings. The Bertz CT molecular complexity index is 789. The Morgan fingerprint density at radius 3 is 1.93 bits per heavy atom. The lowest BCUT2D eigenvalue weighted by Crippen LogP contribution is -2.45. The second kappa shape index (κ2) is 9.94. The van der Waals surface area contributed by atoms with Crippen LogP contribution in [-0.2, 0) is 27.3 Å². The molecule has 2 N–H and O–H groups in total. The highest BCUT2D eigenvalue weighted by Crippen LogP contribution is 2.31. The second-order valence-electron chi connectivity index (χ2n) is 7.89. The van der Waals surface area contributed by atoms with Gasteiger partial charge in [-0.1, -0.05) is 24.3 Å². The van der Waals surface area contributed by atoms with E-state index in [0.717, 1.165) is 11.1 Å². The maximum atomic E-state index is 13.3. The van der Waals surface area contributed by atoms with E-state index in [-0.39, 0.29) is 24.2 Å². The molecule has 0 spiro atoms. The van der Waals surface area contributed by atoms with Crippen molar-refractivity contribution in [1.29, 1.82) is 0 Å². The molecule has 0 aliphatic carbocycles. The van der Waals surface area contributed by atoms with Crippen LogP contribution in [0.2, 0.25) is 0 Å². The smallest absolute Gasteiger partial charge is 0.322 e. The Labute approximate surface area is 171 Å². The summed E-state index contributed by atoms with van der Waals surface area (Å²) < 4.78 is 38.1. The fourth-order valence-corrected chi connectivity index (χ4v) is 3.18. The highest BCUT2D eigenvalue weighted by Gasteiger charge is 2.37. The lowest BCUT2D eigenvalue weighted by Gasteiger charge is -2.38. The summed E-state index contributed by atoms with van der Waals surface area (Å²) in [6.07, 6.45) is 0.0335. The molecular weight excluding hydrogens is 376 g/mol. The lowest BCUT2D eigenvalue weighted by atomic mass is 9.81. The Balaban J connectivity index is 2.19. The van der Waals surface area contributed by atoms with Crippen molar-refractivity contribution < 1.29 is 23.0 Å². The first-order valence-electron chi connectivity index (χ1n) is 9.67. The van der Waals surface area contributed by atoms with Crippen LogP contribution in [0.3, 0.4) is 0 Å². The molecule has 29 heavy (non-hydrogen) atoms. The average Bonchev–Trinajstić information content (AvgIpc) is 2.66. The molecule has 0 aliphatic heterocycles. The van der Waals surface area contributed by atoms with Crippen molar-refractivity contribution >= 4 is 5.97 Å². The number of hydrogen-bond acceptors (Lipinski definition) is 4. The summed E-state index contributed by atoms with van der Waals surface area (Å²) in [4.78, 5) is 12.0. The molecular formula is C23H29F2NO3. The first-order valence-corrected chi connectivity index (χ1v) is 9.67. The number of hydrogen-bond donors (Lipinski definition) is 1. The van der Waals surface area contributed by atoms with Gasteiger partial charge in [0.2, 0.25) is 0 Å². The minimum absolute atomic E-state index is 0.226. The minimum Gasteiger partial charge on any atom is -0.461 e. The molecule has 2 aromatic carbocycles. The third-order valence-electron chi connectivity index (χ3n) is 5.03. The van der Waals surface area contributed by atoms with Gasteiger partial charge in [-0.25, -0.2) is 8.78 Å². The molecule has 0 aromatic heterocycles. The van der Waals surface area contributed by atoms with E-state index in [1.54, 1.807) is 38.1 Å². The topological polar surface area (TPSA) is 61.5 Å². The van der Waals surface area contributed by atoms with Crippen LogP contribution in [0.25, 0.3) is 0 Å². The van der Waals surface area contributed by atoms with Crippen LogP contribution in [0, 0.1) is 17.6 Å². The molecule has 158 valence electrons. The monoisotopic (exact) mass is 405 g/mol. The highest BCUT2D eigenvalue weighted by atomic mass is 19.1. The average molecular weight is 405 g/mol. The Hall–Kier alpha value is -2.31. The zero-order valence-electron chi connectivity index (χ0n) is 17.3. The summed E-state index contributed by atoms with van der Waals surface area (Å²) in [6.45, 7) is 7.49. The molecule has 0 amide bonds. The quantitative estimate of drug-likeness (QED) is 0.628. The molecule has 4 nitrogen and oxygen atoms in total. The molecule has 3 atom stereocenters. The van der Waals surface area contributed by atoms with Crippen LogP contribution < -0.4 is 5.73 Å². The minimum atomic E-state index is -0.729. The number of benzene rings is 2. The van der Waals surface area contributed by atoms with Gasteiger partial charge >= 0.3 is 5.97 Å². The molecule has 2 rings (SSSR count). The summed E-state index contributed by atoms with van der Waals surface area (Å²) in [5, 5.41) is 0. The van der Waals surface area contributed by atoms with Gasteiger partial charge in [0, 0.05) is 5.92 Å². The van der Waals surface area contributed by atoms with E-state index in [4.69, 9.17) is 15.2 Å².